The first kappa shape index (κ1) is 19.9. The summed E-state index contributed by atoms with van der Waals surface area (Å²) in [4.78, 5) is 15.5. The molecule has 7 nitrogen and oxygen atoms in total. The van der Waals surface area contributed by atoms with Crippen LogP contribution >= 0.6 is 15.9 Å². The number of carboxylic acids is 1. The molecule has 0 aliphatic carbocycles. The summed E-state index contributed by atoms with van der Waals surface area (Å²) in [6, 6.07) is 12.7. The number of rotatable bonds is 7. The minimum atomic E-state index is -1.32. The molecule has 0 saturated carbocycles. The number of hydrogen-bond donors (Lipinski definition) is 1. The van der Waals surface area contributed by atoms with E-state index in [0.29, 0.717) is 23.2 Å². The van der Waals surface area contributed by atoms with Crippen molar-refractivity contribution in [3.63, 3.8) is 0 Å². The standard InChI is InChI=1S/C20H19BrN2O5/c1-12-10-15(8-9-16(12)27-20(2,3)19(24)25)26-11-17-22-18(28-23-17)13-4-6-14(21)7-5-13/h4-10H,11H2,1-3H3,(H,24,25). The molecule has 0 saturated heterocycles. The van der Waals surface area contributed by atoms with Gasteiger partial charge in [0.05, 0.1) is 0 Å². The summed E-state index contributed by atoms with van der Waals surface area (Å²) in [5, 5.41) is 13.1. The van der Waals surface area contributed by atoms with Crippen molar-refractivity contribution >= 4 is 21.9 Å². The summed E-state index contributed by atoms with van der Waals surface area (Å²) < 4.78 is 17.5. The maximum absolute atomic E-state index is 11.2. The van der Waals surface area contributed by atoms with Gasteiger partial charge in [-0.05, 0) is 68.8 Å². The summed E-state index contributed by atoms with van der Waals surface area (Å²) >= 11 is 3.38. The van der Waals surface area contributed by atoms with Crippen molar-refractivity contribution in [2.45, 2.75) is 33.0 Å². The fourth-order valence-electron chi connectivity index (χ4n) is 2.31. The maximum atomic E-state index is 11.2. The lowest BCUT2D eigenvalue weighted by Gasteiger charge is -2.23. The molecule has 8 heteroatoms. The Balaban J connectivity index is 1.64. The van der Waals surface area contributed by atoms with E-state index in [1.54, 1.807) is 18.2 Å². The Morgan fingerprint density at radius 3 is 2.57 bits per heavy atom. The molecular formula is C20H19BrN2O5. The average molecular weight is 447 g/mol. The molecule has 1 N–H and O–H groups in total. The topological polar surface area (TPSA) is 94.7 Å². The number of hydrogen-bond acceptors (Lipinski definition) is 6. The molecule has 0 unspecified atom stereocenters. The molecule has 3 rings (SSSR count). The molecule has 0 spiro atoms. The van der Waals surface area contributed by atoms with E-state index in [1.165, 1.54) is 13.8 Å². The van der Waals surface area contributed by atoms with Gasteiger partial charge in [0.1, 0.15) is 11.5 Å². The maximum Gasteiger partial charge on any atom is 0.347 e. The van der Waals surface area contributed by atoms with Crippen LogP contribution in [0.25, 0.3) is 11.5 Å². The molecule has 0 bridgehead atoms. The summed E-state index contributed by atoms with van der Waals surface area (Å²) in [6.07, 6.45) is 0. The van der Waals surface area contributed by atoms with Gasteiger partial charge in [0.25, 0.3) is 5.89 Å². The highest BCUT2D eigenvalue weighted by molar-refractivity contribution is 9.10. The van der Waals surface area contributed by atoms with Crippen molar-refractivity contribution in [3.8, 4) is 23.0 Å². The molecule has 1 heterocycles. The number of aromatic nitrogens is 2. The van der Waals surface area contributed by atoms with Crippen LogP contribution in [-0.2, 0) is 11.4 Å². The quantitative estimate of drug-likeness (QED) is 0.564. The van der Waals surface area contributed by atoms with Crippen molar-refractivity contribution in [3.05, 3.63) is 58.3 Å². The second kappa shape index (κ2) is 8.02. The van der Waals surface area contributed by atoms with Gasteiger partial charge in [0.2, 0.25) is 5.82 Å². The normalized spacial score (nSPS) is 11.3. The zero-order chi connectivity index (χ0) is 20.3. The third-order valence-corrected chi connectivity index (χ3v) is 4.48. The molecule has 0 radical (unpaired) electrons. The highest BCUT2D eigenvalue weighted by atomic mass is 79.9. The van der Waals surface area contributed by atoms with E-state index >= 15 is 0 Å². The van der Waals surface area contributed by atoms with Crippen molar-refractivity contribution in [1.82, 2.24) is 10.1 Å². The van der Waals surface area contributed by atoms with Gasteiger partial charge in [-0.25, -0.2) is 4.79 Å². The molecular weight excluding hydrogens is 428 g/mol. The van der Waals surface area contributed by atoms with Crippen LogP contribution < -0.4 is 9.47 Å². The number of nitrogens with zero attached hydrogens (tertiary/aromatic N) is 2. The van der Waals surface area contributed by atoms with Gasteiger partial charge in [0.15, 0.2) is 12.2 Å². The summed E-state index contributed by atoms with van der Waals surface area (Å²) in [7, 11) is 0. The van der Waals surface area contributed by atoms with Crippen LogP contribution in [0.15, 0.2) is 51.5 Å². The van der Waals surface area contributed by atoms with Gasteiger partial charge >= 0.3 is 5.97 Å². The smallest absolute Gasteiger partial charge is 0.347 e. The number of aryl methyl sites for hydroxylation is 1. The van der Waals surface area contributed by atoms with Crippen molar-refractivity contribution in [2.75, 3.05) is 0 Å². The van der Waals surface area contributed by atoms with Crippen molar-refractivity contribution < 1.29 is 23.9 Å². The minimum absolute atomic E-state index is 0.139. The van der Waals surface area contributed by atoms with E-state index in [4.69, 9.17) is 14.0 Å². The molecule has 1 aromatic heterocycles. The number of carboxylic acid groups (broad SMARTS) is 1. The van der Waals surface area contributed by atoms with Crippen LogP contribution in [-0.4, -0.2) is 26.8 Å². The third kappa shape index (κ3) is 4.69. The van der Waals surface area contributed by atoms with E-state index in [9.17, 15) is 9.90 Å². The second-order valence-electron chi connectivity index (χ2n) is 6.66. The summed E-state index contributed by atoms with van der Waals surface area (Å²) in [5.74, 6) is 0.876. The number of benzene rings is 2. The average Bonchev–Trinajstić information content (AvgIpc) is 3.11. The molecule has 146 valence electrons. The van der Waals surface area contributed by atoms with Gasteiger partial charge < -0.3 is 19.1 Å². The Bertz CT molecular complexity index is 983. The predicted octanol–water partition coefficient (Wildman–Crippen LogP) is 4.63. The van der Waals surface area contributed by atoms with Gasteiger partial charge in [-0.15, -0.1) is 0 Å². The molecule has 0 aliphatic heterocycles. The molecule has 3 aromatic rings. The van der Waals surface area contributed by atoms with Crippen molar-refractivity contribution in [2.24, 2.45) is 0 Å². The molecule has 2 aromatic carbocycles. The van der Waals surface area contributed by atoms with Gasteiger partial charge in [-0.1, -0.05) is 21.1 Å². The van der Waals surface area contributed by atoms with Gasteiger partial charge in [-0.3, -0.25) is 0 Å². The van der Waals surface area contributed by atoms with Crippen LogP contribution in [0.1, 0.15) is 25.2 Å². The largest absolute Gasteiger partial charge is 0.485 e. The molecule has 0 amide bonds. The lowest BCUT2D eigenvalue weighted by Crippen LogP contribution is -2.38. The van der Waals surface area contributed by atoms with Gasteiger partial charge in [0, 0.05) is 10.0 Å². The van der Waals surface area contributed by atoms with Crippen LogP contribution in [0.5, 0.6) is 11.5 Å². The van der Waals surface area contributed by atoms with Crippen LogP contribution in [0.2, 0.25) is 0 Å². The SMILES string of the molecule is Cc1cc(OCc2noc(-c3ccc(Br)cc3)n2)ccc1OC(C)(C)C(=O)O. The Hall–Kier alpha value is -2.87. The van der Waals surface area contributed by atoms with Crippen LogP contribution in [0, 0.1) is 6.92 Å². The number of halogens is 1. The first-order chi connectivity index (χ1) is 13.2. The van der Waals surface area contributed by atoms with E-state index in [0.717, 1.165) is 15.6 Å². The minimum Gasteiger partial charge on any atom is -0.485 e. The zero-order valence-corrected chi connectivity index (χ0v) is 17.2. The molecule has 28 heavy (non-hydrogen) atoms. The van der Waals surface area contributed by atoms with E-state index in [2.05, 4.69) is 26.1 Å². The second-order valence-corrected chi connectivity index (χ2v) is 7.57. The Labute approximate surface area is 170 Å². The van der Waals surface area contributed by atoms with Gasteiger partial charge in [-0.2, -0.15) is 4.98 Å². The van der Waals surface area contributed by atoms with E-state index in [-0.39, 0.29) is 6.61 Å². The Morgan fingerprint density at radius 1 is 1.21 bits per heavy atom. The summed E-state index contributed by atoms with van der Waals surface area (Å²) in [5.41, 5.74) is 0.261. The lowest BCUT2D eigenvalue weighted by molar-refractivity contribution is -0.152. The lowest BCUT2D eigenvalue weighted by atomic mass is 10.1. The van der Waals surface area contributed by atoms with E-state index < -0.39 is 11.6 Å². The van der Waals surface area contributed by atoms with Crippen LogP contribution in [0.4, 0.5) is 0 Å². The molecule has 0 aliphatic rings. The third-order valence-electron chi connectivity index (χ3n) is 3.95. The zero-order valence-electron chi connectivity index (χ0n) is 15.6. The number of ether oxygens (including phenoxy) is 2. The van der Waals surface area contributed by atoms with Crippen molar-refractivity contribution in [1.29, 1.82) is 0 Å². The predicted molar refractivity (Wildman–Crippen MR) is 105 cm³/mol. The Morgan fingerprint density at radius 2 is 1.93 bits per heavy atom. The Kier molecular flexibility index (Phi) is 5.69. The first-order valence-corrected chi connectivity index (χ1v) is 9.28. The number of aliphatic carboxylic acids is 1. The highest BCUT2D eigenvalue weighted by Gasteiger charge is 2.29. The first-order valence-electron chi connectivity index (χ1n) is 8.49. The number of carbonyl (C=O) groups is 1. The van der Waals surface area contributed by atoms with E-state index in [1.807, 2.05) is 31.2 Å². The monoisotopic (exact) mass is 446 g/mol. The molecule has 0 fully saturated rings. The fourth-order valence-corrected chi connectivity index (χ4v) is 2.58. The molecule has 0 atom stereocenters. The summed E-state index contributed by atoms with van der Waals surface area (Å²) in [6.45, 7) is 4.96. The van der Waals surface area contributed by atoms with Crippen LogP contribution in [0.3, 0.4) is 0 Å². The fraction of sp³-hybridized carbons (Fsp3) is 0.250. The highest BCUT2D eigenvalue weighted by Crippen LogP contribution is 2.27.